The van der Waals surface area contributed by atoms with Gasteiger partial charge < -0.3 is 9.67 Å². The Kier molecular flexibility index (Phi) is 1.96. The van der Waals surface area contributed by atoms with E-state index in [2.05, 4.69) is 33.8 Å². The lowest BCUT2D eigenvalue weighted by Crippen LogP contribution is -2.58. The predicted molar refractivity (Wildman–Crippen MR) is 76.2 cm³/mol. The Bertz CT molecular complexity index is 686. The Morgan fingerprint density at radius 1 is 1.25 bits per heavy atom. The standard InChI is InChI=1S/C17H18N2O/c20-16-13(8-17(16)6-3-7-17)15-12-5-2-1-4-11(12)14-9-18-10-19(14)15/h1-2,4-5,9-10,13,15-16,20H,3,6-8H2/t13-,15?,16+/m1/s1. The Morgan fingerprint density at radius 3 is 2.85 bits per heavy atom. The molecule has 20 heavy (non-hydrogen) atoms. The maximum absolute atomic E-state index is 10.7. The van der Waals surface area contributed by atoms with Crippen molar-refractivity contribution >= 4 is 0 Å². The lowest BCUT2D eigenvalue weighted by molar-refractivity contribution is -0.173. The molecule has 2 saturated carbocycles. The lowest BCUT2D eigenvalue weighted by Gasteiger charge is -2.60. The van der Waals surface area contributed by atoms with Gasteiger partial charge >= 0.3 is 0 Å². The summed E-state index contributed by atoms with van der Waals surface area (Å²) < 4.78 is 2.27. The second kappa shape index (κ2) is 3.53. The maximum atomic E-state index is 10.7. The van der Waals surface area contributed by atoms with Crippen molar-refractivity contribution in [3.05, 3.63) is 42.4 Å². The molecule has 3 nitrogen and oxygen atoms in total. The number of imidazole rings is 1. The fourth-order valence-corrected chi connectivity index (χ4v) is 4.72. The summed E-state index contributed by atoms with van der Waals surface area (Å²) in [7, 11) is 0. The number of aliphatic hydroxyl groups is 1. The molecule has 1 aromatic carbocycles. The fourth-order valence-electron chi connectivity index (χ4n) is 4.72. The average molecular weight is 266 g/mol. The highest BCUT2D eigenvalue weighted by molar-refractivity contribution is 5.69. The smallest absolute Gasteiger partial charge is 0.0956 e. The monoisotopic (exact) mass is 266 g/mol. The molecule has 0 bridgehead atoms. The molecule has 1 N–H and O–H groups in total. The molecule has 3 heteroatoms. The molecule has 3 atom stereocenters. The van der Waals surface area contributed by atoms with Crippen molar-refractivity contribution in [1.29, 1.82) is 0 Å². The second-order valence-corrected chi connectivity index (χ2v) is 6.75. The molecule has 102 valence electrons. The van der Waals surface area contributed by atoms with Crippen LogP contribution in [0, 0.1) is 11.3 Å². The van der Waals surface area contributed by atoms with E-state index < -0.39 is 0 Å². The van der Waals surface area contributed by atoms with E-state index in [1.54, 1.807) is 0 Å². The normalized spacial score (nSPS) is 32.4. The Labute approximate surface area is 118 Å². The van der Waals surface area contributed by atoms with Gasteiger partial charge in [0.15, 0.2) is 0 Å². The molecule has 2 heterocycles. The zero-order chi connectivity index (χ0) is 13.3. The van der Waals surface area contributed by atoms with E-state index >= 15 is 0 Å². The first-order valence-electron chi connectivity index (χ1n) is 7.59. The van der Waals surface area contributed by atoms with Gasteiger partial charge in [-0.25, -0.2) is 4.98 Å². The topological polar surface area (TPSA) is 38.1 Å². The third kappa shape index (κ3) is 1.14. The molecule has 5 rings (SSSR count). The van der Waals surface area contributed by atoms with Crippen LogP contribution in [-0.2, 0) is 0 Å². The molecular formula is C17H18N2O. The number of aliphatic hydroxyl groups excluding tert-OH is 1. The van der Waals surface area contributed by atoms with Crippen LogP contribution in [0.1, 0.15) is 37.3 Å². The summed E-state index contributed by atoms with van der Waals surface area (Å²) in [5.74, 6) is 0.354. The van der Waals surface area contributed by atoms with Crippen LogP contribution in [0.4, 0.5) is 0 Å². The van der Waals surface area contributed by atoms with E-state index in [9.17, 15) is 5.11 Å². The van der Waals surface area contributed by atoms with Crippen LogP contribution in [0.25, 0.3) is 11.3 Å². The molecule has 0 amide bonds. The Morgan fingerprint density at radius 2 is 2.10 bits per heavy atom. The molecule has 2 aromatic rings. The summed E-state index contributed by atoms with van der Waals surface area (Å²) in [6.07, 6.45) is 8.64. The highest BCUT2D eigenvalue weighted by Gasteiger charge is 2.59. The highest BCUT2D eigenvalue weighted by Crippen LogP contribution is 2.63. The van der Waals surface area contributed by atoms with Gasteiger partial charge in [0.25, 0.3) is 0 Å². The zero-order valence-electron chi connectivity index (χ0n) is 11.4. The minimum Gasteiger partial charge on any atom is -0.392 e. The SMILES string of the molecule is O[C@H]1[C@@H](C2c3ccccc3-c3cncn32)CC12CCC2. The lowest BCUT2D eigenvalue weighted by atomic mass is 9.48. The number of benzene rings is 1. The van der Waals surface area contributed by atoms with Gasteiger partial charge in [0, 0.05) is 11.5 Å². The van der Waals surface area contributed by atoms with E-state index in [1.807, 2.05) is 12.5 Å². The van der Waals surface area contributed by atoms with E-state index in [0.717, 1.165) is 0 Å². The van der Waals surface area contributed by atoms with E-state index in [-0.39, 0.29) is 17.6 Å². The summed E-state index contributed by atoms with van der Waals surface area (Å²) in [6, 6.07) is 8.86. The number of fused-ring (bicyclic) bond motifs is 3. The number of rotatable bonds is 1. The molecule has 2 fully saturated rings. The Balaban J connectivity index is 1.59. The molecule has 1 aromatic heterocycles. The Hall–Kier alpha value is -1.61. The molecule has 1 spiro atoms. The van der Waals surface area contributed by atoms with E-state index in [4.69, 9.17) is 0 Å². The molecule has 3 aliphatic rings. The molecule has 2 aliphatic carbocycles. The molecule has 1 unspecified atom stereocenters. The van der Waals surface area contributed by atoms with Gasteiger partial charge in [-0.3, -0.25) is 0 Å². The fraction of sp³-hybridized carbons (Fsp3) is 0.471. The highest BCUT2D eigenvalue weighted by atomic mass is 16.3. The van der Waals surface area contributed by atoms with Gasteiger partial charge in [-0.2, -0.15) is 0 Å². The van der Waals surface area contributed by atoms with Gasteiger partial charge in [0.2, 0.25) is 0 Å². The van der Waals surface area contributed by atoms with Crippen molar-refractivity contribution in [3.63, 3.8) is 0 Å². The first kappa shape index (κ1) is 11.1. The van der Waals surface area contributed by atoms with Crippen LogP contribution in [0.15, 0.2) is 36.8 Å². The van der Waals surface area contributed by atoms with Crippen molar-refractivity contribution < 1.29 is 5.11 Å². The number of hydrogen-bond donors (Lipinski definition) is 1. The van der Waals surface area contributed by atoms with Crippen LogP contribution < -0.4 is 0 Å². The van der Waals surface area contributed by atoms with Gasteiger partial charge in [-0.05, 0) is 30.2 Å². The summed E-state index contributed by atoms with van der Waals surface area (Å²) in [4.78, 5) is 4.31. The number of nitrogens with zero attached hydrogens (tertiary/aromatic N) is 2. The first-order chi connectivity index (χ1) is 9.80. The van der Waals surface area contributed by atoms with Crippen molar-refractivity contribution in [1.82, 2.24) is 9.55 Å². The summed E-state index contributed by atoms with van der Waals surface area (Å²) >= 11 is 0. The van der Waals surface area contributed by atoms with E-state index in [0.29, 0.717) is 5.92 Å². The van der Waals surface area contributed by atoms with Crippen LogP contribution in [0.3, 0.4) is 0 Å². The van der Waals surface area contributed by atoms with Gasteiger partial charge in [-0.1, -0.05) is 30.7 Å². The maximum Gasteiger partial charge on any atom is 0.0956 e. The number of hydrogen-bond acceptors (Lipinski definition) is 2. The van der Waals surface area contributed by atoms with E-state index in [1.165, 1.54) is 42.5 Å². The van der Waals surface area contributed by atoms with Gasteiger partial charge in [0.05, 0.1) is 30.4 Å². The van der Waals surface area contributed by atoms with Crippen molar-refractivity contribution in [2.75, 3.05) is 0 Å². The third-order valence-corrected chi connectivity index (χ3v) is 5.95. The van der Waals surface area contributed by atoms with Crippen molar-refractivity contribution in [3.8, 4) is 11.3 Å². The first-order valence-corrected chi connectivity index (χ1v) is 7.59. The average Bonchev–Trinajstić information content (AvgIpc) is 2.98. The van der Waals surface area contributed by atoms with Crippen LogP contribution >= 0.6 is 0 Å². The van der Waals surface area contributed by atoms with Gasteiger partial charge in [-0.15, -0.1) is 0 Å². The zero-order valence-corrected chi connectivity index (χ0v) is 11.4. The molecule has 0 radical (unpaired) electrons. The predicted octanol–water partition coefficient (Wildman–Crippen LogP) is 3.00. The largest absolute Gasteiger partial charge is 0.392 e. The second-order valence-electron chi connectivity index (χ2n) is 6.75. The van der Waals surface area contributed by atoms with Crippen LogP contribution in [-0.4, -0.2) is 20.8 Å². The third-order valence-electron chi connectivity index (χ3n) is 5.95. The molecular weight excluding hydrogens is 248 g/mol. The van der Waals surface area contributed by atoms with Crippen molar-refractivity contribution in [2.45, 2.75) is 37.8 Å². The minimum absolute atomic E-state index is 0.136. The van der Waals surface area contributed by atoms with Crippen molar-refractivity contribution in [2.24, 2.45) is 11.3 Å². The van der Waals surface area contributed by atoms with Gasteiger partial charge in [0.1, 0.15) is 0 Å². The quantitative estimate of drug-likeness (QED) is 0.861. The van der Waals surface area contributed by atoms with Crippen LogP contribution in [0.2, 0.25) is 0 Å². The summed E-state index contributed by atoms with van der Waals surface area (Å²) in [6.45, 7) is 0. The summed E-state index contributed by atoms with van der Waals surface area (Å²) in [5.41, 5.74) is 4.12. The molecule has 0 saturated heterocycles. The minimum atomic E-state index is -0.136. The molecule has 1 aliphatic heterocycles. The summed E-state index contributed by atoms with van der Waals surface area (Å²) in [5, 5.41) is 10.7. The number of aromatic nitrogens is 2. The van der Waals surface area contributed by atoms with Crippen LogP contribution in [0.5, 0.6) is 0 Å².